The van der Waals surface area contributed by atoms with Crippen molar-refractivity contribution < 1.29 is 13.5 Å². The number of alkyl halides is 2. The van der Waals surface area contributed by atoms with Gasteiger partial charge in [0, 0.05) is 0 Å². The number of ether oxygens (including phenoxy) is 1. The third-order valence-electron chi connectivity index (χ3n) is 1.46. The Hall–Kier alpha value is -0.180. The van der Waals surface area contributed by atoms with Gasteiger partial charge < -0.3 is 4.74 Å². The fraction of sp³-hybridized carbons (Fsp3) is 1.00. The van der Waals surface area contributed by atoms with Crippen molar-refractivity contribution in [2.75, 3.05) is 6.61 Å². The van der Waals surface area contributed by atoms with Gasteiger partial charge in [-0.15, -0.1) is 0 Å². The second-order valence-electron chi connectivity index (χ2n) is 2.02. The molecule has 2 unspecified atom stereocenters. The number of rotatable bonds is 1. The Morgan fingerprint density at radius 2 is 2.50 bits per heavy atom. The van der Waals surface area contributed by atoms with E-state index in [1.807, 2.05) is 0 Å². The molecule has 1 aliphatic heterocycles. The van der Waals surface area contributed by atoms with E-state index in [-0.39, 0.29) is 13.0 Å². The molecule has 1 nitrogen and oxygen atoms in total. The van der Waals surface area contributed by atoms with Gasteiger partial charge in [-0.25, -0.2) is 8.78 Å². The van der Waals surface area contributed by atoms with Crippen LogP contribution in [0.3, 0.4) is 0 Å². The first-order valence-electron chi connectivity index (χ1n) is 2.63. The molecule has 0 aromatic carbocycles. The van der Waals surface area contributed by atoms with Gasteiger partial charge in [0.15, 0.2) is 5.67 Å². The van der Waals surface area contributed by atoms with Gasteiger partial charge in [0.1, 0.15) is 0 Å². The Labute approximate surface area is 46.6 Å². The minimum absolute atomic E-state index is 0.0787. The first-order valence-corrected chi connectivity index (χ1v) is 2.63. The molecule has 0 amide bonds. The van der Waals surface area contributed by atoms with E-state index in [1.54, 1.807) is 6.92 Å². The maximum Gasteiger partial charge on any atom is 0.235 e. The summed E-state index contributed by atoms with van der Waals surface area (Å²) in [6.07, 6.45) is -1.47. The topological polar surface area (TPSA) is 9.23 Å². The monoisotopic (exact) mass is 122 g/mol. The van der Waals surface area contributed by atoms with Crippen LogP contribution in [0, 0.1) is 0 Å². The zero-order valence-corrected chi connectivity index (χ0v) is 4.66. The predicted octanol–water partition coefficient (Wildman–Crippen LogP) is 1.43. The highest BCUT2D eigenvalue weighted by Gasteiger charge is 2.48. The molecule has 3 heteroatoms. The summed E-state index contributed by atoms with van der Waals surface area (Å²) < 4.78 is 28.7. The molecule has 1 heterocycles. The summed E-state index contributed by atoms with van der Waals surface area (Å²) in [6.45, 7) is 1.53. The van der Waals surface area contributed by atoms with Crippen LogP contribution in [0.2, 0.25) is 0 Å². The van der Waals surface area contributed by atoms with Crippen LogP contribution in [-0.2, 0) is 4.74 Å². The molecule has 1 rings (SSSR count). The van der Waals surface area contributed by atoms with Crippen molar-refractivity contribution in [3.8, 4) is 0 Å². The van der Waals surface area contributed by atoms with Crippen molar-refractivity contribution in [3.05, 3.63) is 0 Å². The first kappa shape index (κ1) is 5.95. The summed E-state index contributed by atoms with van der Waals surface area (Å²) in [5.74, 6) is 0. The van der Waals surface area contributed by atoms with Gasteiger partial charge >= 0.3 is 0 Å². The lowest BCUT2D eigenvalue weighted by atomic mass is 10.0. The minimum Gasteiger partial charge on any atom is -0.342 e. The summed E-state index contributed by atoms with van der Waals surface area (Å²) in [5, 5.41) is 0. The lowest BCUT2D eigenvalue weighted by Crippen LogP contribution is -2.51. The molecule has 1 aliphatic rings. The van der Waals surface area contributed by atoms with Crippen LogP contribution in [0.4, 0.5) is 8.78 Å². The zero-order chi connectivity index (χ0) is 6.20. The Balaban J connectivity index is 2.42. The van der Waals surface area contributed by atoms with Crippen molar-refractivity contribution in [2.45, 2.75) is 25.4 Å². The van der Waals surface area contributed by atoms with Crippen LogP contribution >= 0.6 is 0 Å². The van der Waals surface area contributed by atoms with Gasteiger partial charge in [0.25, 0.3) is 0 Å². The maximum atomic E-state index is 12.5. The molecule has 0 saturated carbocycles. The Kier molecular flexibility index (Phi) is 1.23. The highest BCUT2D eigenvalue weighted by atomic mass is 19.2. The second-order valence-corrected chi connectivity index (χ2v) is 2.02. The molecule has 0 radical (unpaired) electrons. The van der Waals surface area contributed by atoms with E-state index in [1.165, 1.54) is 0 Å². The Morgan fingerprint density at radius 1 is 1.88 bits per heavy atom. The minimum atomic E-state index is -1.67. The van der Waals surface area contributed by atoms with Crippen molar-refractivity contribution in [1.29, 1.82) is 0 Å². The van der Waals surface area contributed by atoms with Crippen LogP contribution in [-0.4, -0.2) is 18.6 Å². The predicted molar refractivity (Wildman–Crippen MR) is 25.0 cm³/mol. The third-order valence-corrected chi connectivity index (χ3v) is 1.46. The molecule has 1 fully saturated rings. The average Bonchev–Trinajstić information content (AvgIpc) is 1.83. The van der Waals surface area contributed by atoms with Crippen LogP contribution in [0.1, 0.15) is 13.3 Å². The van der Waals surface area contributed by atoms with Gasteiger partial charge in [-0.05, 0) is 6.42 Å². The van der Waals surface area contributed by atoms with Crippen LogP contribution in [0.25, 0.3) is 0 Å². The maximum absolute atomic E-state index is 12.5. The molecule has 0 aliphatic carbocycles. The molecule has 48 valence electrons. The van der Waals surface area contributed by atoms with E-state index in [4.69, 9.17) is 0 Å². The van der Waals surface area contributed by atoms with Crippen molar-refractivity contribution in [3.63, 3.8) is 0 Å². The van der Waals surface area contributed by atoms with E-state index in [0.717, 1.165) is 0 Å². The molecule has 1 saturated heterocycles. The van der Waals surface area contributed by atoms with Crippen LogP contribution in [0.5, 0.6) is 0 Å². The molecule has 2 atom stereocenters. The summed E-state index contributed by atoms with van der Waals surface area (Å²) >= 11 is 0. The van der Waals surface area contributed by atoms with Gasteiger partial charge in [-0.1, -0.05) is 6.92 Å². The second kappa shape index (κ2) is 1.65. The summed E-state index contributed by atoms with van der Waals surface area (Å²) in [5.41, 5.74) is -1.67. The SMILES string of the molecule is CCC1(F)COC1F. The smallest absolute Gasteiger partial charge is 0.235 e. The molecule has 0 aromatic rings. The lowest BCUT2D eigenvalue weighted by molar-refractivity contribution is -0.256. The highest BCUT2D eigenvalue weighted by molar-refractivity contribution is 4.88. The van der Waals surface area contributed by atoms with Gasteiger partial charge in [0.2, 0.25) is 6.36 Å². The van der Waals surface area contributed by atoms with E-state index in [2.05, 4.69) is 4.74 Å². The number of hydrogen-bond donors (Lipinski definition) is 0. The van der Waals surface area contributed by atoms with Gasteiger partial charge in [-0.2, -0.15) is 0 Å². The summed E-state index contributed by atoms with van der Waals surface area (Å²) in [7, 11) is 0. The van der Waals surface area contributed by atoms with E-state index in [9.17, 15) is 8.78 Å². The normalized spacial score (nSPS) is 46.1. The fourth-order valence-corrected chi connectivity index (χ4v) is 0.590. The summed E-state index contributed by atoms with van der Waals surface area (Å²) in [4.78, 5) is 0. The van der Waals surface area contributed by atoms with E-state index >= 15 is 0 Å². The van der Waals surface area contributed by atoms with E-state index < -0.39 is 12.0 Å². The molecule has 0 N–H and O–H groups in total. The quantitative estimate of drug-likeness (QED) is 0.511. The fourth-order valence-electron chi connectivity index (χ4n) is 0.590. The molecular weight excluding hydrogens is 114 g/mol. The van der Waals surface area contributed by atoms with Gasteiger partial charge in [-0.3, -0.25) is 0 Å². The Morgan fingerprint density at radius 3 is 2.50 bits per heavy atom. The molecule has 8 heavy (non-hydrogen) atoms. The largest absolute Gasteiger partial charge is 0.342 e. The van der Waals surface area contributed by atoms with E-state index in [0.29, 0.717) is 0 Å². The molecule has 0 aromatic heterocycles. The summed E-state index contributed by atoms with van der Waals surface area (Å²) in [6, 6.07) is 0. The standard InChI is InChI=1S/C5H8F2O/c1-2-5(7)3-8-4(5)6/h4H,2-3H2,1H3. The highest BCUT2D eigenvalue weighted by Crippen LogP contribution is 2.33. The van der Waals surface area contributed by atoms with Crippen LogP contribution < -0.4 is 0 Å². The molecular formula is C5H8F2O. The van der Waals surface area contributed by atoms with Crippen molar-refractivity contribution in [2.24, 2.45) is 0 Å². The number of hydrogen-bond acceptors (Lipinski definition) is 1. The first-order chi connectivity index (χ1) is 3.69. The van der Waals surface area contributed by atoms with Crippen molar-refractivity contribution >= 4 is 0 Å². The zero-order valence-electron chi connectivity index (χ0n) is 4.66. The third kappa shape index (κ3) is 0.616. The van der Waals surface area contributed by atoms with Gasteiger partial charge in [0.05, 0.1) is 6.61 Å². The van der Waals surface area contributed by atoms with Crippen LogP contribution in [0.15, 0.2) is 0 Å². The average molecular weight is 122 g/mol. The Bertz CT molecular complexity index is 92.4. The molecule has 0 bridgehead atoms. The lowest BCUT2D eigenvalue weighted by Gasteiger charge is -2.36. The van der Waals surface area contributed by atoms with Crippen molar-refractivity contribution in [1.82, 2.24) is 0 Å². The number of halogens is 2. The molecule has 0 spiro atoms.